The predicted octanol–water partition coefficient (Wildman–Crippen LogP) is 0.368. The summed E-state index contributed by atoms with van der Waals surface area (Å²) in [5, 5.41) is 11.7. The molecule has 0 aliphatic heterocycles. The summed E-state index contributed by atoms with van der Waals surface area (Å²) in [6, 6.07) is 9.35. The summed E-state index contributed by atoms with van der Waals surface area (Å²) < 4.78 is 5.05. The Hall–Kier alpha value is -1.63. The second kappa shape index (κ2) is 11.1. The lowest BCUT2D eigenvalue weighted by Gasteiger charge is -2.08. The van der Waals surface area contributed by atoms with Crippen molar-refractivity contribution in [3.63, 3.8) is 0 Å². The summed E-state index contributed by atoms with van der Waals surface area (Å²) in [7, 11) is 0. The second-order valence-corrected chi connectivity index (χ2v) is 4.34. The Bertz CT molecular complexity index is 428. The van der Waals surface area contributed by atoms with Crippen LogP contribution in [0.2, 0.25) is 0 Å². The fourth-order valence-corrected chi connectivity index (χ4v) is 1.48. The van der Waals surface area contributed by atoms with Gasteiger partial charge in [-0.05, 0) is 5.56 Å². The molecule has 0 radical (unpaired) electrons. The third kappa shape index (κ3) is 9.01. The fraction of sp³-hybridized carbons (Fsp3) is 0.429. The van der Waals surface area contributed by atoms with Crippen molar-refractivity contribution in [3.8, 4) is 0 Å². The van der Waals surface area contributed by atoms with Crippen LogP contribution in [0.1, 0.15) is 18.4 Å². The number of hydrogen-bond donors (Lipinski definition) is 3. The van der Waals surface area contributed by atoms with Crippen LogP contribution in [0.25, 0.3) is 0 Å². The van der Waals surface area contributed by atoms with Gasteiger partial charge in [0.15, 0.2) is 0 Å². The molecule has 1 aromatic carbocycles. The van der Waals surface area contributed by atoms with E-state index in [0.717, 1.165) is 5.56 Å². The van der Waals surface area contributed by atoms with Crippen LogP contribution in [0.5, 0.6) is 0 Å². The van der Waals surface area contributed by atoms with Gasteiger partial charge in [-0.1, -0.05) is 30.3 Å². The van der Waals surface area contributed by atoms with E-state index in [1.54, 1.807) is 0 Å². The number of hydrogen-bond acceptors (Lipinski definition) is 5. The van der Waals surface area contributed by atoms with Crippen molar-refractivity contribution in [2.75, 3.05) is 13.1 Å². The lowest BCUT2D eigenvalue weighted by atomic mass is 10.2. The average molecular weight is 317 g/mol. The zero-order valence-corrected chi connectivity index (χ0v) is 12.5. The molecule has 0 aromatic heterocycles. The molecule has 0 fully saturated rings. The SMILES string of the molecule is Cl.NC[C@@H](O)CC(=O)NCCC(=O)OCc1ccccc1. The Morgan fingerprint density at radius 1 is 1.29 bits per heavy atom. The van der Waals surface area contributed by atoms with Gasteiger partial charge in [0, 0.05) is 13.1 Å². The maximum atomic E-state index is 11.4. The number of aliphatic hydroxyl groups is 1. The van der Waals surface area contributed by atoms with Gasteiger partial charge < -0.3 is 20.9 Å². The van der Waals surface area contributed by atoms with Crippen LogP contribution in [-0.4, -0.2) is 36.2 Å². The number of halogens is 1. The Morgan fingerprint density at radius 3 is 2.57 bits per heavy atom. The highest BCUT2D eigenvalue weighted by atomic mass is 35.5. The first-order valence-electron chi connectivity index (χ1n) is 6.46. The largest absolute Gasteiger partial charge is 0.461 e. The summed E-state index contributed by atoms with van der Waals surface area (Å²) in [4.78, 5) is 22.7. The first-order chi connectivity index (χ1) is 9.61. The lowest BCUT2D eigenvalue weighted by Crippen LogP contribution is -2.32. The number of carbonyl (C=O) groups is 2. The van der Waals surface area contributed by atoms with E-state index in [2.05, 4.69) is 5.32 Å². The average Bonchev–Trinajstić information content (AvgIpc) is 2.46. The van der Waals surface area contributed by atoms with E-state index in [-0.39, 0.29) is 56.8 Å². The van der Waals surface area contributed by atoms with E-state index in [4.69, 9.17) is 15.6 Å². The van der Waals surface area contributed by atoms with Crippen LogP contribution < -0.4 is 11.1 Å². The van der Waals surface area contributed by atoms with Gasteiger partial charge in [0.05, 0.1) is 18.9 Å². The molecule has 6 nitrogen and oxygen atoms in total. The van der Waals surface area contributed by atoms with Gasteiger partial charge in [0.25, 0.3) is 0 Å². The van der Waals surface area contributed by atoms with E-state index in [1.807, 2.05) is 30.3 Å². The van der Waals surface area contributed by atoms with Gasteiger partial charge in [-0.25, -0.2) is 0 Å². The van der Waals surface area contributed by atoms with E-state index < -0.39 is 6.10 Å². The quantitative estimate of drug-likeness (QED) is 0.601. The number of rotatable bonds is 8. The van der Waals surface area contributed by atoms with Crippen LogP contribution in [0.15, 0.2) is 30.3 Å². The van der Waals surface area contributed by atoms with Gasteiger partial charge in [0.2, 0.25) is 5.91 Å². The van der Waals surface area contributed by atoms with Crippen LogP contribution >= 0.6 is 12.4 Å². The third-order valence-electron chi connectivity index (χ3n) is 2.59. The van der Waals surface area contributed by atoms with E-state index in [0.29, 0.717) is 0 Å². The molecule has 1 aromatic rings. The first kappa shape index (κ1) is 19.4. The predicted molar refractivity (Wildman–Crippen MR) is 80.8 cm³/mol. The summed E-state index contributed by atoms with van der Waals surface area (Å²) in [6.07, 6.45) is -0.813. The summed E-state index contributed by atoms with van der Waals surface area (Å²) >= 11 is 0. The Kier molecular flexibility index (Phi) is 10.2. The molecule has 1 amide bonds. The van der Waals surface area contributed by atoms with Crippen molar-refractivity contribution >= 4 is 24.3 Å². The number of ether oxygens (including phenoxy) is 1. The molecule has 0 bridgehead atoms. The van der Waals surface area contributed by atoms with Crippen molar-refractivity contribution in [3.05, 3.63) is 35.9 Å². The molecule has 7 heteroatoms. The van der Waals surface area contributed by atoms with Crippen molar-refractivity contribution in [1.29, 1.82) is 0 Å². The summed E-state index contributed by atoms with van der Waals surface area (Å²) in [6.45, 7) is 0.440. The Balaban J connectivity index is 0.00000400. The standard InChI is InChI=1S/C14H20N2O4.ClH/c15-9-12(17)8-13(18)16-7-6-14(19)20-10-11-4-2-1-3-5-11;/h1-5,12,17H,6-10,15H2,(H,16,18);1H/t12-;/m0./s1. The second-order valence-electron chi connectivity index (χ2n) is 4.34. The van der Waals surface area contributed by atoms with Gasteiger partial charge in [0.1, 0.15) is 6.61 Å². The number of benzene rings is 1. The number of carbonyl (C=O) groups excluding carboxylic acids is 2. The minimum Gasteiger partial charge on any atom is -0.461 e. The minimum absolute atomic E-state index is 0. The van der Waals surface area contributed by atoms with Crippen molar-refractivity contribution < 1.29 is 19.4 Å². The van der Waals surface area contributed by atoms with Crippen molar-refractivity contribution in [2.24, 2.45) is 5.73 Å². The molecule has 4 N–H and O–H groups in total. The molecule has 0 saturated heterocycles. The topological polar surface area (TPSA) is 102 Å². The lowest BCUT2D eigenvalue weighted by molar-refractivity contribution is -0.144. The maximum Gasteiger partial charge on any atom is 0.307 e. The Labute approximate surface area is 130 Å². The molecule has 1 rings (SSSR count). The molecule has 0 saturated carbocycles. The molecule has 118 valence electrons. The first-order valence-corrected chi connectivity index (χ1v) is 6.46. The molecule has 21 heavy (non-hydrogen) atoms. The van der Waals surface area contributed by atoms with Crippen LogP contribution in [0, 0.1) is 0 Å². The highest BCUT2D eigenvalue weighted by Gasteiger charge is 2.09. The molecule has 0 spiro atoms. The minimum atomic E-state index is -0.847. The molecular formula is C14H21ClN2O4. The molecule has 0 aliphatic carbocycles. The normalized spacial score (nSPS) is 11.1. The number of amides is 1. The smallest absolute Gasteiger partial charge is 0.307 e. The summed E-state index contributed by atoms with van der Waals surface area (Å²) in [5.41, 5.74) is 6.10. The third-order valence-corrected chi connectivity index (χ3v) is 2.59. The fourth-order valence-electron chi connectivity index (χ4n) is 1.48. The number of esters is 1. The molecule has 1 atom stereocenters. The zero-order valence-electron chi connectivity index (χ0n) is 11.7. The molecule has 0 unspecified atom stereocenters. The maximum absolute atomic E-state index is 11.4. The monoisotopic (exact) mass is 316 g/mol. The van der Waals surface area contributed by atoms with Crippen molar-refractivity contribution in [1.82, 2.24) is 5.32 Å². The molecule has 0 heterocycles. The molecule has 0 aliphatic rings. The highest BCUT2D eigenvalue weighted by Crippen LogP contribution is 2.01. The summed E-state index contributed by atoms with van der Waals surface area (Å²) in [5.74, 6) is -0.715. The van der Waals surface area contributed by atoms with Gasteiger partial charge in [-0.3, -0.25) is 9.59 Å². The van der Waals surface area contributed by atoms with Gasteiger partial charge in [-0.15, -0.1) is 12.4 Å². The van der Waals surface area contributed by atoms with Crippen molar-refractivity contribution in [2.45, 2.75) is 25.6 Å². The van der Waals surface area contributed by atoms with Crippen LogP contribution in [0.4, 0.5) is 0 Å². The zero-order chi connectivity index (χ0) is 14.8. The van der Waals surface area contributed by atoms with E-state index in [1.165, 1.54) is 0 Å². The number of nitrogens with two attached hydrogens (primary N) is 1. The van der Waals surface area contributed by atoms with E-state index in [9.17, 15) is 9.59 Å². The number of aliphatic hydroxyl groups excluding tert-OH is 1. The van der Waals surface area contributed by atoms with Crippen LogP contribution in [-0.2, 0) is 20.9 Å². The Morgan fingerprint density at radius 2 is 1.95 bits per heavy atom. The van der Waals surface area contributed by atoms with Gasteiger partial charge in [-0.2, -0.15) is 0 Å². The van der Waals surface area contributed by atoms with Crippen LogP contribution in [0.3, 0.4) is 0 Å². The molecular weight excluding hydrogens is 296 g/mol. The highest BCUT2D eigenvalue weighted by molar-refractivity contribution is 5.85. The van der Waals surface area contributed by atoms with E-state index >= 15 is 0 Å². The van der Waals surface area contributed by atoms with Gasteiger partial charge >= 0.3 is 5.97 Å². The number of nitrogens with one attached hydrogen (secondary N) is 1.